The molecule has 0 saturated carbocycles. The van der Waals surface area contributed by atoms with Crippen molar-refractivity contribution in [2.24, 2.45) is 0 Å². The van der Waals surface area contributed by atoms with Crippen molar-refractivity contribution in [3.63, 3.8) is 0 Å². The molecule has 1 saturated heterocycles. The average molecular weight is 435 g/mol. The van der Waals surface area contributed by atoms with Gasteiger partial charge in [0.25, 0.3) is 11.8 Å². The number of benzene rings is 1. The molecule has 0 spiro atoms. The number of nitrogens with one attached hydrogen (secondary N) is 2. The number of rotatable bonds is 6. The first kappa shape index (κ1) is 19.6. The summed E-state index contributed by atoms with van der Waals surface area (Å²) >= 11 is 3.17. The number of halogens is 1. The van der Waals surface area contributed by atoms with Gasteiger partial charge in [0.2, 0.25) is 0 Å². The van der Waals surface area contributed by atoms with Gasteiger partial charge in [0.05, 0.1) is 0 Å². The molecular formula is C19H23BrN4O3. The minimum atomic E-state index is -0.367. The summed E-state index contributed by atoms with van der Waals surface area (Å²) in [7, 11) is 2.12. The molecule has 0 unspecified atom stereocenters. The van der Waals surface area contributed by atoms with Crippen LogP contribution in [0.1, 0.15) is 20.9 Å². The summed E-state index contributed by atoms with van der Waals surface area (Å²) in [6, 6.07) is 10.1. The first-order valence-corrected chi connectivity index (χ1v) is 9.66. The third-order valence-corrected chi connectivity index (χ3v) is 4.92. The first-order valence-electron chi connectivity index (χ1n) is 8.87. The van der Waals surface area contributed by atoms with Crippen molar-refractivity contribution in [1.29, 1.82) is 0 Å². The van der Waals surface area contributed by atoms with Crippen molar-refractivity contribution in [2.75, 3.05) is 51.6 Å². The first-order chi connectivity index (χ1) is 13.0. The molecule has 2 heterocycles. The van der Waals surface area contributed by atoms with E-state index in [9.17, 15) is 9.59 Å². The molecule has 0 aliphatic carbocycles. The van der Waals surface area contributed by atoms with Crippen LogP contribution in [0.5, 0.6) is 0 Å². The van der Waals surface area contributed by atoms with Crippen molar-refractivity contribution >= 4 is 33.4 Å². The monoisotopic (exact) mass is 434 g/mol. The number of hydrogen-bond donors (Lipinski definition) is 2. The van der Waals surface area contributed by atoms with E-state index in [4.69, 9.17) is 4.42 Å². The number of nitrogens with zero attached hydrogens (tertiary/aromatic N) is 2. The molecule has 2 amide bonds. The summed E-state index contributed by atoms with van der Waals surface area (Å²) in [5.41, 5.74) is 1.05. The van der Waals surface area contributed by atoms with Crippen LogP contribution in [0.4, 0.5) is 5.69 Å². The number of amides is 2. The average Bonchev–Trinajstić information content (AvgIpc) is 3.10. The molecule has 7 nitrogen and oxygen atoms in total. The Morgan fingerprint density at radius 1 is 1.11 bits per heavy atom. The van der Waals surface area contributed by atoms with Crippen LogP contribution in [0, 0.1) is 0 Å². The molecule has 0 atom stereocenters. The van der Waals surface area contributed by atoms with E-state index >= 15 is 0 Å². The summed E-state index contributed by atoms with van der Waals surface area (Å²) in [5.74, 6) is -0.321. The number of anilines is 1. The Labute approximate surface area is 166 Å². The van der Waals surface area contributed by atoms with Crippen molar-refractivity contribution in [2.45, 2.75) is 0 Å². The summed E-state index contributed by atoms with van der Waals surface area (Å²) < 4.78 is 5.72. The highest BCUT2D eigenvalue weighted by atomic mass is 79.9. The Morgan fingerprint density at radius 2 is 1.89 bits per heavy atom. The number of hydrogen-bond acceptors (Lipinski definition) is 5. The van der Waals surface area contributed by atoms with E-state index in [1.807, 2.05) is 0 Å². The van der Waals surface area contributed by atoms with Gasteiger partial charge in [-0.3, -0.25) is 14.5 Å². The minimum absolute atomic E-state index is 0.152. The number of likely N-dealkylation sites (N-methyl/N-ethyl adjacent to an activating group) is 1. The molecule has 1 aliphatic rings. The fourth-order valence-corrected chi connectivity index (χ4v) is 3.17. The molecule has 1 aromatic heterocycles. The van der Waals surface area contributed by atoms with E-state index < -0.39 is 0 Å². The Balaban J connectivity index is 1.50. The highest BCUT2D eigenvalue weighted by molar-refractivity contribution is 9.10. The third-order valence-electron chi connectivity index (χ3n) is 4.49. The summed E-state index contributed by atoms with van der Waals surface area (Å²) in [4.78, 5) is 29.2. The molecule has 8 heteroatoms. The van der Waals surface area contributed by atoms with Gasteiger partial charge in [-0.2, -0.15) is 0 Å². The highest BCUT2D eigenvalue weighted by Crippen LogP contribution is 2.17. The van der Waals surface area contributed by atoms with Gasteiger partial charge < -0.3 is 20.0 Å². The highest BCUT2D eigenvalue weighted by Gasteiger charge is 2.14. The Hall–Kier alpha value is -2.16. The van der Waals surface area contributed by atoms with E-state index in [0.717, 1.165) is 32.7 Å². The summed E-state index contributed by atoms with van der Waals surface area (Å²) in [5, 5.41) is 5.67. The molecule has 2 aromatic rings. The molecule has 1 fully saturated rings. The van der Waals surface area contributed by atoms with Crippen LogP contribution in [0.2, 0.25) is 0 Å². The van der Waals surface area contributed by atoms with Crippen LogP contribution >= 0.6 is 15.9 Å². The van der Waals surface area contributed by atoms with Gasteiger partial charge >= 0.3 is 0 Å². The normalized spacial score (nSPS) is 15.5. The quantitative estimate of drug-likeness (QED) is 0.728. The van der Waals surface area contributed by atoms with E-state index in [1.54, 1.807) is 36.4 Å². The standard InChI is InChI=1S/C19H23BrN4O3/c1-23-9-11-24(12-10-23)8-7-21-18(25)14-3-2-4-15(13-14)22-19(26)16-5-6-17(20)27-16/h2-6,13H,7-12H2,1H3,(H,21,25)(H,22,26). The van der Waals surface area contributed by atoms with Crippen LogP contribution in [-0.4, -0.2) is 67.9 Å². The number of furan rings is 1. The Bertz CT molecular complexity index is 800. The van der Waals surface area contributed by atoms with Crippen molar-refractivity contribution < 1.29 is 14.0 Å². The second-order valence-corrected chi connectivity index (χ2v) is 7.32. The maximum atomic E-state index is 12.4. The predicted octanol–water partition coefficient (Wildman–Crippen LogP) is 2.27. The van der Waals surface area contributed by atoms with Crippen molar-refractivity contribution in [3.05, 3.63) is 52.4 Å². The van der Waals surface area contributed by atoms with E-state index in [2.05, 4.69) is 43.4 Å². The van der Waals surface area contributed by atoms with Crippen LogP contribution in [0.3, 0.4) is 0 Å². The largest absolute Gasteiger partial charge is 0.444 e. The zero-order valence-corrected chi connectivity index (χ0v) is 16.8. The van der Waals surface area contributed by atoms with Crippen LogP contribution in [0.25, 0.3) is 0 Å². The summed E-state index contributed by atoms with van der Waals surface area (Å²) in [6.07, 6.45) is 0. The fraction of sp³-hybridized carbons (Fsp3) is 0.368. The predicted molar refractivity (Wildman–Crippen MR) is 107 cm³/mol. The van der Waals surface area contributed by atoms with Gasteiger partial charge in [-0.25, -0.2) is 0 Å². The van der Waals surface area contributed by atoms with Crippen molar-refractivity contribution in [1.82, 2.24) is 15.1 Å². The van der Waals surface area contributed by atoms with E-state index in [0.29, 0.717) is 22.5 Å². The molecule has 27 heavy (non-hydrogen) atoms. The van der Waals surface area contributed by atoms with Gasteiger partial charge in [-0.05, 0) is 53.3 Å². The van der Waals surface area contributed by atoms with E-state index in [-0.39, 0.29) is 17.6 Å². The van der Waals surface area contributed by atoms with Crippen LogP contribution < -0.4 is 10.6 Å². The van der Waals surface area contributed by atoms with Gasteiger partial charge in [0.15, 0.2) is 10.4 Å². The van der Waals surface area contributed by atoms with Crippen molar-refractivity contribution in [3.8, 4) is 0 Å². The summed E-state index contributed by atoms with van der Waals surface area (Å²) in [6.45, 7) is 5.60. The number of piperazine rings is 1. The zero-order valence-electron chi connectivity index (χ0n) is 15.2. The molecule has 0 bridgehead atoms. The van der Waals surface area contributed by atoms with Crippen LogP contribution in [0.15, 0.2) is 45.5 Å². The fourth-order valence-electron chi connectivity index (χ4n) is 2.87. The Morgan fingerprint density at radius 3 is 2.59 bits per heavy atom. The molecular weight excluding hydrogens is 412 g/mol. The third kappa shape index (κ3) is 5.66. The molecule has 1 aliphatic heterocycles. The van der Waals surface area contributed by atoms with Gasteiger partial charge in [0.1, 0.15) is 0 Å². The lowest BCUT2D eigenvalue weighted by molar-refractivity contribution is 0.0939. The Kier molecular flexibility index (Phi) is 6.65. The molecule has 0 radical (unpaired) electrons. The maximum absolute atomic E-state index is 12.4. The molecule has 3 rings (SSSR count). The molecule has 1 aromatic carbocycles. The maximum Gasteiger partial charge on any atom is 0.291 e. The lowest BCUT2D eigenvalue weighted by Crippen LogP contribution is -2.46. The zero-order chi connectivity index (χ0) is 19.2. The molecule has 2 N–H and O–H groups in total. The van der Waals surface area contributed by atoms with E-state index in [1.165, 1.54) is 0 Å². The van der Waals surface area contributed by atoms with Gasteiger partial charge in [-0.1, -0.05) is 6.07 Å². The second-order valence-electron chi connectivity index (χ2n) is 6.54. The van der Waals surface area contributed by atoms with Crippen LogP contribution in [-0.2, 0) is 0 Å². The lowest BCUT2D eigenvalue weighted by Gasteiger charge is -2.32. The molecule has 144 valence electrons. The minimum Gasteiger partial charge on any atom is -0.444 e. The topological polar surface area (TPSA) is 77.8 Å². The van der Waals surface area contributed by atoms with Gasteiger partial charge in [0, 0.05) is 50.5 Å². The smallest absolute Gasteiger partial charge is 0.291 e. The number of carbonyl (C=O) groups excluding carboxylic acids is 2. The SMILES string of the molecule is CN1CCN(CCNC(=O)c2cccc(NC(=O)c3ccc(Br)o3)c2)CC1. The number of carbonyl (C=O) groups is 2. The second kappa shape index (κ2) is 9.16. The van der Waals surface area contributed by atoms with Gasteiger partial charge in [-0.15, -0.1) is 0 Å². The lowest BCUT2D eigenvalue weighted by atomic mass is 10.2.